The van der Waals surface area contributed by atoms with Crippen molar-refractivity contribution in [3.05, 3.63) is 35.4 Å². The number of likely N-dealkylation sites (tertiary alicyclic amines) is 1. The molecule has 1 saturated carbocycles. The first-order valence-corrected chi connectivity index (χ1v) is 16.3. The Balaban J connectivity index is 1.51. The fourth-order valence-electron chi connectivity index (χ4n) is 6.79. The van der Waals surface area contributed by atoms with Crippen LogP contribution in [-0.2, 0) is 30.3 Å². The Labute approximate surface area is 267 Å². The largest absolute Gasteiger partial charge is 0.444 e. The Kier molecular flexibility index (Phi) is 11.3. The van der Waals surface area contributed by atoms with E-state index in [0.717, 1.165) is 49.5 Å². The number of hydrogen-bond donors (Lipinski definition) is 2. The van der Waals surface area contributed by atoms with E-state index >= 15 is 0 Å². The second-order valence-electron chi connectivity index (χ2n) is 13.9. The molecule has 10 nitrogen and oxygen atoms in total. The van der Waals surface area contributed by atoms with E-state index in [9.17, 15) is 19.2 Å². The SMILES string of the molecule is C#CCO[C@@H]1Cc2ccccc2[C@@H]1NC(=O)[C@@H]1CCCN1C(=O)[C@@H](NC[C@](C)(C=O)N(C)C(=O)OC(C)(C)C)C1CCCCC1. The van der Waals surface area contributed by atoms with Crippen LogP contribution in [0.1, 0.15) is 89.8 Å². The molecule has 1 aromatic rings. The Morgan fingerprint density at radius 2 is 1.82 bits per heavy atom. The minimum atomic E-state index is -1.25. The molecule has 45 heavy (non-hydrogen) atoms. The molecule has 0 spiro atoms. The lowest BCUT2D eigenvalue weighted by Gasteiger charge is -2.39. The van der Waals surface area contributed by atoms with Crippen molar-refractivity contribution in [3.63, 3.8) is 0 Å². The number of ether oxygens (including phenoxy) is 2. The van der Waals surface area contributed by atoms with Crippen LogP contribution in [0.5, 0.6) is 0 Å². The molecule has 3 amide bonds. The van der Waals surface area contributed by atoms with Crippen molar-refractivity contribution in [2.75, 3.05) is 26.7 Å². The number of fused-ring (bicyclic) bond motifs is 1. The smallest absolute Gasteiger partial charge is 0.410 e. The van der Waals surface area contributed by atoms with Crippen LogP contribution >= 0.6 is 0 Å². The maximum Gasteiger partial charge on any atom is 0.410 e. The average Bonchev–Trinajstić information content (AvgIpc) is 3.64. The number of likely N-dealkylation sites (N-methyl/N-ethyl adjacent to an activating group) is 1. The molecule has 3 aliphatic rings. The highest BCUT2D eigenvalue weighted by atomic mass is 16.6. The molecule has 2 fully saturated rings. The van der Waals surface area contributed by atoms with E-state index in [-0.39, 0.29) is 43.0 Å². The summed E-state index contributed by atoms with van der Waals surface area (Å²) in [6, 6.07) is 6.38. The summed E-state index contributed by atoms with van der Waals surface area (Å²) < 4.78 is 11.4. The number of nitrogens with zero attached hydrogens (tertiary/aromatic N) is 2. The van der Waals surface area contributed by atoms with Gasteiger partial charge in [0.2, 0.25) is 11.8 Å². The average molecular weight is 623 g/mol. The van der Waals surface area contributed by atoms with Gasteiger partial charge in [0.25, 0.3) is 0 Å². The number of amides is 3. The first-order chi connectivity index (χ1) is 21.4. The molecule has 1 aromatic carbocycles. The molecule has 1 aliphatic heterocycles. The summed E-state index contributed by atoms with van der Waals surface area (Å²) in [7, 11) is 1.53. The van der Waals surface area contributed by atoms with Crippen LogP contribution in [0.25, 0.3) is 0 Å². The predicted molar refractivity (Wildman–Crippen MR) is 171 cm³/mol. The molecule has 1 saturated heterocycles. The lowest BCUT2D eigenvalue weighted by atomic mass is 9.82. The highest BCUT2D eigenvalue weighted by Crippen LogP contribution is 2.34. The quantitative estimate of drug-likeness (QED) is 0.285. The van der Waals surface area contributed by atoms with Gasteiger partial charge in [0.05, 0.1) is 18.2 Å². The van der Waals surface area contributed by atoms with Crippen molar-refractivity contribution in [1.82, 2.24) is 20.4 Å². The molecule has 5 atom stereocenters. The van der Waals surface area contributed by atoms with Gasteiger partial charge in [-0.2, -0.15) is 0 Å². The summed E-state index contributed by atoms with van der Waals surface area (Å²) >= 11 is 0. The number of nitrogens with one attached hydrogen (secondary N) is 2. The third kappa shape index (κ3) is 8.25. The Morgan fingerprint density at radius 3 is 2.49 bits per heavy atom. The molecule has 0 aromatic heterocycles. The zero-order valence-electron chi connectivity index (χ0n) is 27.5. The van der Waals surface area contributed by atoms with Crippen LogP contribution in [0, 0.1) is 18.3 Å². The third-order valence-electron chi connectivity index (χ3n) is 9.45. The summed E-state index contributed by atoms with van der Waals surface area (Å²) in [6.07, 6.45) is 12.1. The van der Waals surface area contributed by atoms with Crippen LogP contribution in [0.2, 0.25) is 0 Å². The first-order valence-electron chi connectivity index (χ1n) is 16.3. The van der Waals surface area contributed by atoms with E-state index in [0.29, 0.717) is 25.8 Å². The van der Waals surface area contributed by atoms with Crippen molar-refractivity contribution < 1.29 is 28.7 Å². The molecule has 4 rings (SSSR count). The maximum atomic E-state index is 14.3. The number of aldehydes is 1. The zero-order valence-corrected chi connectivity index (χ0v) is 27.5. The lowest BCUT2D eigenvalue weighted by Crippen LogP contribution is -2.61. The molecule has 10 heteroatoms. The minimum absolute atomic E-state index is 0.0570. The van der Waals surface area contributed by atoms with Gasteiger partial charge in [-0.1, -0.05) is 49.4 Å². The molecule has 2 aliphatic carbocycles. The molecule has 246 valence electrons. The Hall–Kier alpha value is -3.42. The summed E-state index contributed by atoms with van der Waals surface area (Å²) in [5.74, 6) is 2.23. The number of hydrogen-bond acceptors (Lipinski definition) is 7. The molecular formula is C35H50N4O6. The number of rotatable bonds is 11. The maximum absolute atomic E-state index is 14.3. The van der Waals surface area contributed by atoms with Crippen molar-refractivity contribution in [1.29, 1.82) is 0 Å². The monoisotopic (exact) mass is 622 g/mol. The van der Waals surface area contributed by atoms with Gasteiger partial charge in [-0.25, -0.2) is 4.79 Å². The van der Waals surface area contributed by atoms with Crippen LogP contribution in [-0.4, -0.2) is 90.1 Å². The van der Waals surface area contributed by atoms with Gasteiger partial charge >= 0.3 is 6.09 Å². The number of benzene rings is 1. The second kappa shape index (κ2) is 14.8. The molecule has 1 heterocycles. The topological polar surface area (TPSA) is 117 Å². The van der Waals surface area contributed by atoms with Gasteiger partial charge in [0, 0.05) is 26.6 Å². The van der Waals surface area contributed by atoms with Crippen molar-refractivity contribution in [3.8, 4) is 12.3 Å². The lowest BCUT2D eigenvalue weighted by molar-refractivity contribution is -0.142. The summed E-state index contributed by atoms with van der Waals surface area (Å²) in [6.45, 7) is 7.66. The molecule has 0 radical (unpaired) electrons. The van der Waals surface area contributed by atoms with E-state index in [1.165, 1.54) is 11.9 Å². The van der Waals surface area contributed by atoms with Gasteiger partial charge in [-0.05, 0) is 70.4 Å². The molecule has 0 bridgehead atoms. The highest BCUT2D eigenvalue weighted by molar-refractivity contribution is 5.91. The fourth-order valence-corrected chi connectivity index (χ4v) is 6.79. The van der Waals surface area contributed by atoms with Crippen LogP contribution in [0.4, 0.5) is 4.79 Å². The van der Waals surface area contributed by atoms with Gasteiger partial charge in [-0.15, -0.1) is 6.42 Å². The third-order valence-corrected chi connectivity index (χ3v) is 9.45. The molecule has 2 N–H and O–H groups in total. The number of carbonyl (C=O) groups is 4. The fraction of sp³-hybridized carbons (Fsp3) is 0.657. The van der Waals surface area contributed by atoms with Crippen molar-refractivity contribution in [2.24, 2.45) is 5.92 Å². The van der Waals surface area contributed by atoms with Gasteiger partial charge in [0.1, 0.15) is 30.1 Å². The number of carbonyl (C=O) groups excluding carboxylic acids is 4. The summed E-state index contributed by atoms with van der Waals surface area (Å²) in [4.78, 5) is 56.4. The standard InChI is InChI=1S/C35H50N4O6/c1-7-20-44-28-21-25-16-11-12-17-26(25)30(28)37-31(41)27-18-13-19-39(27)32(42)29(24-14-9-8-10-15-24)36-22-35(5,23-40)38(6)33(43)45-34(2,3)4/h1,11-12,16-17,23-24,27-30,36H,8-10,13-15,18-22H2,2-6H3,(H,37,41)/t27-,28+,29-,30-,35+/m0/s1. The van der Waals surface area contributed by atoms with Crippen molar-refractivity contribution in [2.45, 2.75) is 114 Å². The van der Waals surface area contributed by atoms with Crippen LogP contribution < -0.4 is 10.6 Å². The van der Waals surface area contributed by atoms with Crippen LogP contribution in [0.3, 0.4) is 0 Å². The van der Waals surface area contributed by atoms with Gasteiger partial charge in [-0.3, -0.25) is 14.5 Å². The zero-order chi connectivity index (χ0) is 32.8. The highest BCUT2D eigenvalue weighted by Gasteiger charge is 2.44. The summed E-state index contributed by atoms with van der Waals surface area (Å²) in [5, 5.41) is 6.59. The second-order valence-corrected chi connectivity index (χ2v) is 13.9. The van der Waals surface area contributed by atoms with E-state index in [2.05, 4.69) is 16.6 Å². The van der Waals surface area contributed by atoms with Crippen molar-refractivity contribution >= 4 is 24.2 Å². The van der Waals surface area contributed by atoms with E-state index < -0.39 is 29.3 Å². The predicted octanol–water partition coefficient (Wildman–Crippen LogP) is 3.77. The van der Waals surface area contributed by atoms with Crippen LogP contribution in [0.15, 0.2) is 24.3 Å². The first kappa shape index (κ1) is 34.5. The molecule has 0 unspecified atom stereocenters. The summed E-state index contributed by atoms with van der Waals surface area (Å²) in [5.41, 5.74) is 0.149. The van der Waals surface area contributed by atoms with Gasteiger partial charge in [0.15, 0.2) is 0 Å². The Bertz CT molecular complexity index is 1270. The minimum Gasteiger partial charge on any atom is -0.444 e. The normalized spacial score (nSPS) is 23.7. The van der Waals surface area contributed by atoms with E-state index in [1.54, 1.807) is 32.6 Å². The number of terminal acetylenes is 1. The molecular weight excluding hydrogens is 572 g/mol. The van der Waals surface area contributed by atoms with Gasteiger partial charge < -0.3 is 29.8 Å². The van der Waals surface area contributed by atoms with E-state index in [1.807, 2.05) is 24.3 Å². The van der Waals surface area contributed by atoms with E-state index in [4.69, 9.17) is 15.9 Å². The Morgan fingerprint density at radius 1 is 1.11 bits per heavy atom.